The van der Waals surface area contributed by atoms with Crippen LogP contribution in [0.2, 0.25) is 0 Å². The Morgan fingerprint density at radius 1 is 1.36 bits per heavy atom. The predicted octanol–water partition coefficient (Wildman–Crippen LogP) is 1.44. The van der Waals surface area contributed by atoms with Crippen molar-refractivity contribution in [1.29, 1.82) is 0 Å². The van der Waals surface area contributed by atoms with Crippen LogP contribution in [-0.4, -0.2) is 16.2 Å². The summed E-state index contributed by atoms with van der Waals surface area (Å²) in [4.78, 5) is 10.3. The zero-order chi connectivity index (χ0) is 9.84. The fourth-order valence-electron chi connectivity index (χ4n) is 1.03. The number of rotatable bonds is 3. The van der Waals surface area contributed by atoms with Gasteiger partial charge in [0, 0.05) is 6.04 Å². The van der Waals surface area contributed by atoms with Crippen LogP contribution >= 0.6 is 17.0 Å². The molecule has 4 N–H and O–H groups in total. The molecular weight excluding hydrogens is 250 g/mol. The number of phenolic OH excluding ortho intramolecular Hbond substituents is 1. The van der Waals surface area contributed by atoms with E-state index in [1.165, 1.54) is 12.1 Å². The summed E-state index contributed by atoms with van der Waals surface area (Å²) < 4.78 is 0. The highest BCUT2D eigenvalue weighted by molar-refractivity contribution is 8.93. The van der Waals surface area contributed by atoms with Crippen LogP contribution in [0.15, 0.2) is 24.3 Å². The molecule has 5 heteroatoms. The average Bonchev–Trinajstić information content (AvgIpc) is 2.04. The number of hydrogen-bond donors (Lipinski definition) is 3. The van der Waals surface area contributed by atoms with E-state index < -0.39 is 12.0 Å². The van der Waals surface area contributed by atoms with Gasteiger partial charge in [-0.1, -0.05) is 12.1 Å². The van der Waals surface area contributed by atoms with Crippen LogP contribution in [0.5, 0.6) is 5.75 Å². The number of phenols is 1. The van der Waals surface area contributed by atoms with Crippen molar-refractivity contribution >= 4 is 23.0 Å². The van der Waals surface area contributed by atoms with Crippen LogP contribution in [0, 0.1) is 0 Å². The maximum atomic E-state index is 10.3. The summed E-state index contributed by atoms with van der Waals surface area (Å²) in [6, 6.07) is 5.68. The molecule has 1 rings (SSSR count). The predicted molar refractivity (Wildman–Crippen MR) is 57.6 cm³/mol. The van der Waals surface area contributed by atoms with Gasteiger partial charge in [0.1, 0.15) is 5.75 Å². The van der Waals surface area contributed by atoms with Crippen molar-refractivity contribution in [1.82, 2.24) is 0 Å². The number of aliphatic carboxylic acids is 1. The van der Waals surface area contributed by atoms with Gasteiger partial charge in [-0.25, -0.2) is 0 Å². The molecule has 0 aliphatic carbocycles. The number of hydrogen-bond acceptors (Lipinski definition) is 3. The number of benzene rings is 1. The number of aromatic hydroxyl groups is 1. The minimum absolute atomic E-state index is 0. The van der Waals surface area contributed by atoms with Gasteiger partial charge in [-0.15, -0.1) is 17.0 Å². The Balaban J connectivity index is 0.00000169. The molecule has 0 amide bonds. The molecule has 0 radical (unpaired) electrons. The molecule has 0 fully saturated rings. The third-order valence-corrected chi connectivity index (χ3v) is 1.72. The van der Waals surface area contributed by atoms with Crippen molar-refractivity contribution in [2.75, 3.05) is 0 Å². The molecule has 0 unspecified atom stereocenters. The standard InChI is InChI=1S/C9H11NO3.BrH/c10-8(5-9(12)13)6-1-3-7(11)4-2-6;/h1-4,8,11H,5,10H2,(H,12,13);1H/t8-;/m1./s1. The monoisotopic (exact) mass is 261 g/mol. The second-order valence-corrected chi connectivity index (χ2v) is 2.80. The van der Waals surface area contributed by atoms with Gasteiger partial charge in [-0.3, -0.25) is 4.79 Å². The van der Waals surface area contributed by atoms with Gasteiger partial charge in [-0.2, -0.15) is 0 Å². The van der Waals surface area contributed by atoms with Crippen molar-refractivity contribution < 1.29 is 15.0 Å². The van der Waals surface area contributed by atoms with Gasteiger partial charge in [0.2, 0.25) is 0 Å². The molecule has 1 aromatic carbocycles. The van der Waals surface area contributed by atoms with E-state index in [-0.39, 0.29) is 29.2 Å². The molecule has 1 aromatic rings. The quantitative estimate of drug-likeness (QED) is 0.769. The minimum atomic E-state index is -0.930. The van der Waals surface area contributed by atoms with Gasteiger partial charge < -0.3 is 15.9 Å². The maximum absolute atomic E-state index is 10.3. The third kappa shape index (κ3) is 3.76. The average molecular weight is 262 g/mol. The van der Waals surface area contributed by atoms with E-state index in [1.807, 2.05) is 0 Å². The van der Waals surface area contributed by atoms with E-state index in [2.05, 4.69) is 0 Å². The van der Waals surface area contributed by atoms with Gasteiger partial charge in [0.25, 0.3) is 0 Å². The lowest BCUT2D eigenvalue weighted by Gasteiger charge is -2.08. The fourth-order valence-corrected chi connectivity index (χ4v) is 1.03. The summed E-state index contributed by atoms with van der Waals surface area (Å²) in [7, 11) is 0. The highest BCUT2D eigenvalue weighted by atomic mass is 79.9. The first-order valence-corrected chi connectivity index (χ1v) is 3.86. The molecule has 0 heterocycles. The Kier molecular flexibility index (Phi) is 5.19. The van der Waals surface area contributed by atoms with Crippen LogP contribution < -0.4 is 5.73 Å². The van der Waals surface area contributed by atoms with Crippen molar-refractivity contribution in [3.8, 4) is 5.75 Å². The van der Waals surface area contributed by atoms with Gasteiger partial charge in [0.05, 0.1) is 6.42 Å². The molecule has 0 saturated heterocycles. The smallest absolute Gasteiger partial charge is 0.305 e. The summed E-state index contributed by atoms with van der Waals surface area (Å²) in [6.07, 6.45) is -0.106. The molecule has 78 valence electrons. The molecule has 1 atom stereocenters. The van der Waals surface area contributed by atoms with Crippen molar-refractivity contribution in [3.63, 3.8) is 0 Å². The van der Waals surface area contributed by atoms with Crippen LogP contribution in [-0.2, 0) is 4.79 Å². The lowest BCUT2D eigenvalue weighted by molar-refractivity contribution is -0.137. The number of carboxylic acids is 1. The van der Waals surface area contributed by atoms with Crippen LogP contribution in [0.1, 0.15) is 18.0 Å². The molecule has 0 aliphatic heterocycles. The van der Waals surface area contributed by atoms with Gasteiger partial charge in [0.15, 0.2) is 0 Å². The number of nitrogens with two attached hydrogens (primary N) is 1. The minimum Gasteiger partial charge on any atom is -0.508 e. The van der Waals surface area contributed by atoms with E-state index in [0.29, 0.717) is 5.56 Å². The fraction of sp³-hybridized carbons (Fsp3) is 0.222. The second-order valence-electron chi connectivity index (χ2n) is 2.80. The lowest BCUT2D eigenvalue weighted by Crippen LogP contribution is -2.14. The number of halogens is 1. The zero-order valence-corrected chi connectivity index (χ0v) is 9.10. The van der Waals surface area contributed by atoms with E-state index in [0.717, 1.165) is 0 Å². The van der Waals surface area contributed by atoms with Gasteiger partial charge >= 0.3 is 5.97 Å². The highest BCUT2D eigenvalue weighted by Crippen LogP contribution is 2.17. The van der Waals surface area contributed by atoms with Crippen LogP contribution in [0.3, 0.4) is 0 Å². The number of carboxylic acid groups (broad SMARTS) is 1. The Bertz CT molecular complexity index is 299. The van der Waals surface area contributed by atoms with Crippen molar-refractivity contribution in [3.05, 3.63) is 29.8 Å². The van der Waals surface area contributed by atoms with E-state index >= 15 is 0 Å². The van der Waals surface area contributed by atoms with Crippen molar-refractivity contribution in [2.45, 2.75) is 12.5 Å². The van der Waals surface area contributed by atoms with E-state index in [9.17, 15) is 4.79 Å². The molecular formula is C9H12BrNO3. The normalized spacial score (nSPS) is 11.5. The Morgan fingerprint density at radius 2 is 1.86 bits per heavy atom. The molecule has 4 nitrogen and oxygen atoms in total. The zero-order valence-electron chi connectivity index (χ0n) is 7.38. The first-order valence-electron chi connectivity index (χ1n) is 3.86. The van der Waals surface area contributed by atoms with E-state index in [4.69, 9.17) is 15.9 Å². The summed E-state index contributed by atoms with van der Waals surface area (Å²) in [6.45, 7) is 0. The molecule has 0 aromatic heterocycles. The van der Waals surface area contributed by atoms with Crippen LogP contribution in [0.4, 0.5) is 0 Å². The molecule has 0 bridgehead atoms. The molecule has 0 spiro atoms. The Hall–Kier alpha value is -1.07. The second kappa shape index (κ2) is 5.62. The summed E-state index contributed by atoms with van der Waals surface area (Å²) in [5, 5.41) is 17.4. The highest BCUT2D eigenvalue weighted by Gasteiger charge is 2.09. The SMILES string of the molecule is Br.N[C@H](CC(=O)O)c1ccc(O)cc1. The maximum Gasteiger partial charge on any atom is 0.305 e. The largest absolute Gasteiger partial charge is 0.508 e. The third-order valence-electron chi connectivity index (χ3n) is 1.72. The van der Waals surface area contributed by atoms with Crippen LogP contribution in [0.25, 0.3) is 0 Å². The summed E-state index contributed by atoms with van der Waals surface area (Å²) >= 11 is 0. The molecule has 14 heavy (non-hydrogen) atoms. The molecule has 0 aliphatic rings. The Morgan fingerprint density at radius 3 is 2.29 bits per heavy atom. The molecule has 0 saturated carbocycles. The summed E-state index contributed by atoms with van der Waals surface area (Å²) in [5.74, 6) is -0.785. The topological polar surface area (TPSA) is 83.6 Å². The Labute approximate surface area is 92.1 Å². The first kappa shape index (κ1) is 12.9. The first-order chi connectivity index (χ1) is 6.09. The van der Waals surface area contributed by atoms with Crippen molar-refractivity contribution in [2.24, 2.45) is 5.73 Å². The van der Waals surface area contributed by atoms with E-state index in [1.54, 1.807) is 12.1 Å². The summed E-state index contributed by atoms with van der Waals surface area (Å²) in [5.41, 5.74) is 6.29. The van der Waals surface area contributed by atoms with Gasteiger partial charge in [-0.05, 0) is 17.7 Å². The number of carbonyl (C=O) groups is 1. The lowest BCUT2D eigenvalue weighted by atomic mass is 10.1.